The van der Waals surface area contributed by atoms with Crippen LogP contribution in [-0.4, -0.2) is 39.5 Å². The van der Waals surface area contributed by atoms with E-state index < -0.39 is 10.0 Å². The number of nitrogens with zero attached hydrogens (tertiary/aromatic N) is 5. The van der Waals surface area contributed by atoms with E-state index in [1.54, 1.807) is 18.2 Å². The molecule has 0 radical (unpaired) electrons. The zero-order chi connectivity index (χ0) is 17.0. The molecule has 10 heteroatoms. The molecule has 0 saturated carbocycles. The van der Waals surface area contributed by atoms with Gasteiger partial charge in [-0.25, -0.2) is 27.5 Å². The monoisotopic (exact) mass is 346 g/mol. The number of hydrogen-bond acceptors (Lipinski definition) is 6. The molecule has 24 heavy (non-hydrogen) atoms. The largest absolute Gasteiger partial charge is 0.268 e. The van der Waals surface area contributed by atoms with Crippen LogP contribution in [0.25, 0.3) is 5.82 Å². The minimum absolute atomic E-state index is 0.0327. The molecule has 3 rings (SSSR count). The van der Waals surface area contributed by atoms with Crippen molar-refractivity contribution in [2.24, 2.45) is 0 Å². The van der Waals surface area contributed by atoms with E-state index in [2.05, 4.69) is 19.9 Å². The normalized spacial score (nSPS) is 11.5. The molecule has 0 spiro atoms. The van der Waals surface area contributed by atoms with Gasteiger partial charge in [-0.05, 0) is 18.2 Å². The summed E-state index contributed by atoms with van der Waals surface area (Å²) in [5, 5.41) is 8.07. The van der Waals surface area contributed by atoms with E-state index in [1.165, 1.54) is 46.3 Å². The SMILES string of the molecule is O=c1ccc(-n2cncn2)nn1CCNS(=O)(=O)c1ccccc1. The van der Waals surface area contributed by atoms with Crippen LogP contribution in [0, 0.1) is 0 Å². The second-order valence-corrected chi connectivity index (χ2v) is 6.57. The molecule has 0 aliphatic rings. The summed E-state index contributed by atoms with van der Waals surface area (Å²) in [5.41, 5.74) is -0.335. The van der Waals surface area contributed by atoms with E-state index >= 15 is 0 Å². The molecule has 0 aliphatic carbocycles. The van der Waals surface area contributed by atoms with Gasteiger partial charge in [0.25, 0.3) is 5.56 Å². The van der Waals surface area contributed by atoms with Crippen LogP contribution in [-0.2, 0) is 16.6 Å². The Morgan fingerprint density at radius 1 is 1.08 bits per heavy atom. The topological polar surface area (TPSA) is 112 Å². The number of nitrogens with one attached hydrogen (secondary N) is 1. The van der Waals surface area contributed by atoms with Crippen molar-refractivity contribution in [2.45, 2.75) is 11.4 Å². The summed E-state index contributed by atoms with van der Waals surface area (Å²) in [6, 6.07) is 10.9. The number of sulfonamides is 1. The lowest BCUT2D eigenvalue weighted by Gasteiger charge is -2.08. The highest BCUT2D eigenvalue weighted by atomic mass is 32.2. The van der Waals surface area contributed by atoms with Gasteiger partial charge in [-0.3, -0.25) is 4.79 Å². The minimum atomic E-state index is -3.62. The van der Waals surface area contributed by atoms with Crippen molar-refractivity contribution < 1.29 is 8.42 Å². The first kappa shape index (κ1) is 16.0. The first-order chi connectivity index (χ1) is 11.6. The Kier molecular flexibility index (Phi) is 4.49. The molecule has 0 atom stereocenters. The fraction of sp³-hybridized carbons (Fsp3) is 0.143. The van der Waals surface area contributed by atoms with Gasteiger partial charge >= 0.3 is 0 Å². The van der Waals surface area contributed by atoms with Gasteiger partial charge in [0.2, 0.25) is 10.0 Å². The van der Waals surface area contributed by atoms with Crippen LogP contribution in [0.4, 0.5) is 0 Å². The predicted octanol–water partition coefficient (Wildman–Crippen LogP) is -0.198. The molecule has 0 saturated heterocycles. The van der Waals surface area contributed by atoms with Crippen molar-refractivity contribution in [1.29, 1.82) is 0 Å². The summed E-state index contributed by atoms with van der Waals surface area (Å²) in [5.74, 6) is 0.415. The summed E-state index contributed by atoms with van der Waals surface area (Å²) >= 11 is 0. The molecule has 0 fully saturated rings. The second-order valence-electron chi connectivity index (χ2n) is 4.80. The van der Waals surface area contributed by atoms with Crippen molar-refractivity contribution in [3.05, 3.63) is 65.5 Å². The van der Waals surface area contributed by atoms with Crippen molar-refractivity contribution in [3.8, 4) is 5.82 Å². The smallest absolute Gasteiger partial charge is 0.266 e. The lowest BCUT2D eigenvalue weighted by molar-refractivity contribution is 0.542. The van der Waals surface area contributed by atoms with Gasteiger partial charge in [0.05, 0.1) is 11.4 Å². The Balaban J connectivity index is 1.71. The molecule has 0 unspecified atom stereocenters. The lowest BCUT2D eigenvalue weighted by atomic mass is 10.4. The highest BCUT2D eigenvalue weighted by molar-refractivity contribution is 7.89. The molecule has 2 heterocycles. The van der Waals surface area contributed by atoms with Crippen molar-refractivity contribution in [2.75, 3.05) is 6.54 Å². The Labute approximate surface area is 137 Å². The third kappa shape index (κ3) is 3.55. The van der Waals surface area contributed by atoms with Crippen molar-refractivity contribution >= 4 is 10.0 Å². The fourth-order valence-corrected chi connectivity index (χ4v) is 3.06. The summed E-state index contributed by atoms with van der Waals surface area (Å²) in [6.45, 7) is 0.123. The fourth-order valence-electron chi connectivity index (χ4n) is 2.02. The molecule has 9 nitrogen and oxygen atoms in total. The van der Waals surface area contributed by atoms with Crippen molar-refractivity contribution in [1.82, 2.24) is 29.3 Å². The lowest BCUT2D eigenvalue weighted by Crippen LogP contribution is -2.32. The maximum atomic E-state index is 12.1. The standard InChI is InChI=1S/C14H14N6O3S/c21-14-7-6-13(20-11-15-10-16-20)18-19(14)9-8-17-24(22,23)12-4-2-1-3-5-12/h1-7,10-11,17H,8-9H2. The van der Waals surface area contributed by atoms with E-state index in [0.29, 0.717) is 5.82 Å². The molecule has 0 amide bonds. The van der Waals surface area contributed by atoms with Crippen LogP contribution in [0.15, 0.2) is 64.8 Å². The zero-order valence-corrected chi connectivity index (χ0v) is 13.3. The van der Waals surface area contributed by atoms with Crippen LogP contribution in [0.1, 0.15) is 0 Å². The number of hydrogen-bond donors (Lipinski definition) is 1. The van der Waals surface area contributed by atoms with E-state index in [-0.39, 0.29) is 23.5 Å². The Morgan fingerprint density at radius 2 is 1.88 bits per heavy atom. The third-order valence-corrected chi connectivity index (χ3v) is 4.65. The number of rotatable bonds is 6. The Morgan fingerprint density at radius 3 is 2.58 bits per heavy atom. The first-order valence-corrected chi connectivity index (χ1v) is 8.52. The van der Waals surface area contributed by atoms with Gasteiger partial charge in [-0.15, -0.1) is 5.10 Å². The van der Waals surface area contributed by atoms with Crippen LogP contribution < -0.4 is 10.3 Å². The second kappa shape index (κ2) is 6.72. The van der Waals surface area contributed by atoms with Gasteiger partial charge in [0.1, 0.15) is 12.7 Å². The average Bonchev–Trinajstić information content (AvgIpc) is 3.12. The molecule has 124 valence electrons. The highest BCUT2D eigenvalue weighted by Crippen LogP contribution is 2.06. The van der Waals surface area contributed by atoms with E-state index in [9.17, 15) is 13.2 Å². The Hall–Kier alpha value is -2.85. The van der Waals surface area contributed by atoms with Crippen molar-refractivity contribution in [3.63, 3.8) is 0 Å². The Bertz CT molecular complexity index is 967. The van der Waals surface area contributed by atoms with Crippen LogP contribution in [0.5, 0.6) is 0 Å². The predicted molar refractivity (Wildman–Crippen MR) is 85.0 cm³/mol. The van der Waals surface area contributed by atoms with E-state index in [4.69, 9.17) is 0 Å². The van der Waals surface area contributed by atoms with Gasteiger partial charge < -0.3 is 0 Å². The van der Waals surface area contributed by atoms with Crippen LogP contribution in [0.2, 0.25) is 0 Å². The molecular formula is C14H14N6O3S. The summed E-state index contributed by atoms with van der Waals surface area (Å²) in [6.07, 6.45) is 2.81. The average molecular weight is 346 g/mol. The molecule has 1 aromatic carbocycles. The minimum Gasteiger partial charge on any atom is -0.268 e. The summed E-state index contributed by atoms with van der Waals surface area (Å²) in [4.78, 5) is 15.8. The van der Waals surface area contributed by atoms with Crippen LogP contribution in [0.3, 0.4) is 0 Å². The van der Waals surface area contributed by atoms with Gasteiger partial charge in [-0.2, -0.15) is 5.10 Å². The molecule has 0 bridgehead atoms. The quantitative estimate of drug-likeness (QED) is 0.662. The van der Waals surface area contributed by atoms with Gasteiger partial charge in [0, 0.05) is 12.6 Å². The van der Waals surface area contributed by atoms with E-state index in [1.807, 2.05) is 0 Å². The summed E-state index contributed by atoms with van der Waals surface area (Å²) < 4.78 is 29.3. The molecule has 0 aliphatic heterocycles. The summed E-state index contributed by atoms with van der Waals surface area (Å²) in [7, 11) is -3.62. The van der Waals surface area contributed by atoms with E-state index in [0.717, 1.165) is 0 Å². The van der Waals surface area contributed by atoms with Crippen LogP contribution >= 0.6 is 0 Å². The third-order valence-electron chi connectivity index (χ3n) is 3.18. The maximum absolute atomic E-state index is 12.1. The molecule has 1 N–H and O–H groups in total. The number of aromatic nitrogens is 5. The maximum Gasteiger partial charge on any atom is 0.266 e. The first-order valence-electron chi connectivity index (χ1n) is 7.04. The molecule has 3 aromatic rings. The zero-order valence-electron chi connectivity index (χ0n) is 12.5. The highest BCUT2D eigenvalue weighted by Gasteiger charge is 2.12. The van der Waals surface area contributed by atoms with Gasteiger partial charge in [0.15, 0.2) is 5.82 Å². The molecule has 2 aromatic heterocycles. The van der Waals surface area contributed by atoms with Gasteiger partial charge in [-0.1, -0.05) is 18.2 Å². The number of benzene rings is 1. The molecular weight excluding hydrogens is 332 g/mol.